The van der Waals surface area contributed by atoms with Gasteiger partial charge in [0.2, 0.25) is 0 Å². The molecule has 0 aliphatic heterocycles. The van der Waals surface area contributed by atoms with Crippen LogP contribution in [0.5, 0.6) is 0 Å². The summed E-state index contributed by atoms with van der Waals surface area (Å²) < 4.78 is 14.5. The lowest BCUT2D eigenvalue weighted by atomic mass is 10.1. The molecule has 1 amide bonds. The molecular weight excluding hydrogens is 429 g/mol. The average molecular weight is 456 g/mol. The summed E-state index contributed by atoms with van der Waals surface area (Å²) in [4.78, 5) is 28.6. The van der Waals surface area contributed by atoms with E-state index in [-0.39, 0.29) is 24.2 Å². The number of aromatic nitrogens is 3. The van der Waals surface area contributed by atoms with Crippen LogP contribution in [0.25, 0.3) is 10.9 Å². The first kappa shape index (κ1) is 21.9. The van der Waals surface area contributed by atoms with Gasteiger partial charge < -0.3 is 10.6 Å². The predicted octanol–water partition coefficient (Wildman–Crippen LogP) is 5.34. The van der Waals surface area contributed by atoms with Crippen molar-refractivity contribution in [1.82, 2.24) is 19.9 Å². The third-order valence-corrected chi connectivity index (χ3v) is 6.46. The fourth-order valence-electron chi connectivity index (χ4n) is 4.16. The van der Waals surface area contributed by atoms with Crippen molar-refractivity contribution < 1.29 is 9.18 Å². The van der Waals surface area contributed by atoms with E-state index in [2.05, 4.69) is 21.0 Å². The molecule has 3 aromatic heterocycles. The number of nitrogens with zero attached hydrogens (tertiary/aromatic N) is 4. The molecule has 6 nitrogen and oxygen atoms in total. The Morgan fingerprint density at radius 2 is 2.00 bits per heavy atom. The lowest BCUT2D eigenvalue weighted by Crippen LogP contribution is -2.34. The number of pyridine rings is 3. The maximum atomic E-state index is 14.5. The topological polar surface area (TPSA) is 85.0 Å². The van der Waals surface area contributed by atoms with Crippen LogP contribution in [-0.4, -0.2) is 25.8 Å². The molecule has 1 atom stereocenters. The standard InChI is InChI=1S/C27H26FN5O/c1-16-12-21-13-19(7-10-24(21)32-26(16)29)27(34)33(15-25-22(28)4-3-11-30-25)17(2)23-9-8-20(14-31-23)18-5-6-18/h3-4,7-14,17-18H,5-6,15H2,1-2H3,(H2,29,32)/t17-/m1/s1. The number of carbonyl (C=O) groups is 1. The first-order valence-electron chi connectivity index (χ1n) is 11.4. The SMILES string of the molecule is Cc1cc2cc(C(=O)N(Cc3ncccc3F)[C@H](C)c3ccc(C4CC4)cn3)ccc2nc1N. The zero-order valence-electron chi connectivity index (χ0n) is 19.2. The van der Waals surface area contributed by atoms with Crippen LogP contribution in [0.2, 0.25) is 0 Å². The number of anilines is 1. The van der Waals surface area contributed by atoms with Gasteiger partial charge >= 0.3 is 0 Å². The van der Waals surface area contributed by atoms with E-state index in [1.807, 2.05) is 32.2 Å². The van der Waals surface area contributed by atoms with Crippen molar-refractivity contribution in [2.24, 2.45) is 0 Å². The van der Waals surface area contributed by atoms with Crippen molar-refractivity contribution in [1.29, 1.82) is 0 Å². The first-order chi connectivity index (χ1) is 16.4. The van der Waals surface area contributed by atoms with Crippen molar-refractivity contribution in [3.05, 3.63) is 94.8 Å². The van der Waals surface area contributed by atoms with E-state index in [0.29, 0.717) is 22.8 Å². The predicted molar refractivity (Wildman–Crippen MR) is 130 cm³/mol. The molecule has 1 saturated carbocycles. The van der Waals surface area contributed by atoms with Gasteiger partial charge in [-0.2, -0.15) is 0 Å². The van der Waals surface area contributed by atoms with Gasteiger partial charge in [0.05, 0.1) is 29.5 Å². The minimum Gasteiger partial charge on any atom is -0.383 e. The van der Waals surface area contributed by atoms with Crippen LogP contribution in [0.15, 0.2) is 60.9 Å². The first-order valence-corrected chi connectivity index (χ1v) is 11.4. The molecular formula is C27H26FN5O. The molecule has 0 bridgehead atoms. The number of hydrogen-bond acceptors (Lipinski definition) is 5. The summed E-state index contributed by atoms with van der Waals surface area (Å²) in [5, 5.41) is 0.820. The Labute approximate surface area is 197 Å². The molecule has 1 aliphatic rings. The monoisotopic (exact) mass is 455 g/mol. The third-order valence-electron chi connectivity index (χ3n) is 6.46. The molecule has 0 saturated heterocycles. The van der Waals surface area contributed by atoms with Crippen LogP contribution in [0.1, 0.15) is 64.6 Å². The number of carbonyl (C=O) groups excluding carboxylic acids is 1. The van der Waals surface area contributed by atoms with E-state index in [4.69, 9.17) is 5.73 Å². The number of halogens is 1. The average Bonchev–Trinajstić information content (AvgIpc) is 3.69. The van der Waals surface area contributed by atoms with Crippen LogP contribution in [0.3, 0.4) is 0 Å². The molecule has 0 spiro atoms. The van der Waals surface area contributed by atoms with Crippen molar-refractivity contribution >= 4 is 22.6 Å². The summed E-state index contributed by atoms with van der Waals surface area (Å²) in [5.74, 6) is 0.384. The summed E-state index contributed by atoms with van der Waals surface area (Å²) in [7, 11) is 0. The fraction of sp³-hybridized carbons (Fsp3) is 0.259. The van der Waals surface area contributed by atoms with Gasteiger partial charge in [0.1, 0.15) is 11.6 Å². The highest BCUT2D eigenvalue weighted by Crippen LogP contribution is 2.40. The van der Waals surface area contributed by atoms with Crippen molar-refractivity contribution in [3.8, 4) is 0 Å². The Bertz CT molecular complexity index is 1370. The van der Waals surface area contributed by atoms with Gasteiger partial charge in [-0.15, -0.1) is 0 Å². The van der Waals surface area contributed by atoms with E-state index in [0.717, 1.165) is 16.6 Å². The molecule has 172 valence electrons. The molecule has 7 heteroatoms. The quantitative estimate of drug-likeness (QED) is 0.424. The fourth-order valence-corrected chi connectivity index (χ4v) is 4.16. The third kappa shape index (κ3) is 4.33. The van der Waals surface area contributed by atoms with Crippen LogP contribution in [0.4, 0.5) is 10.2 Å². The van der Waals surface area contributed by atoms with Gasteiger partial charge in [-0.25, -0.2) is 9.37 Å². The van der Waals surface area contributed by atoms with Crippen molar-refractivity contribution in [2.75, 3.05) is 5.73 Å². The maximum absolute atomic E-state index is 14.5. The Morgan fingerprint density at radius 3 is 2.71 bits per heavy atom. The van der Waals surface area contributed by atoms with Gasteiger partial charge in [-0.05, 0) is 86.2 Å². The van der Waals surface area contributed by atoms with Gasteiger partial charge in [0.15, 0.2) is 0 Å². The van der Waals surface area contributed by atoms with Crippen LogP contribution in [-0.2, 0) is 6.54 Å². The molecule has 34 heavy (non-hydrogen) atoms. The highest BCUT2D eigenvalue weighted by molar-refractivity contribution is 5.98. The summed E-state index contributed by atoms with van der Waals surface area (Å²) >= 11 is 0. The second kappa shape index (κ2) is 8.82. The smallest absolute Gasteiger partial charge is 0.254 e. The van der Waals surface area contributed by atoms with Crippen molar-refractivity contribution in [2.45, 2.75) is 45.2 Å². The van der Waals surface area contributed by atoms with E-state index in [1.165, 1.54) is 36.7 Å². The minimum absolute atomic E-state index is 0.0236. The number of rotatable bonds is 6. The molecule has 0 radical (unpaired) electrons. The number of fused-ring (bicyclic) bond motifs is 1. The van der Waals surface area contributed by atoms with Gasteiger partial charge in [0.25, 0.3) is 5.91 Å². The minimum atomic E-state index is -0.446. The van der Waals surface area contributed by atoms with Crippen LogP contribution in [0, 0.1) is 12.7 Å². The molecule has 1 fully saturated rings. The van der Waals surface area contributed by atoms with E-state index in [9.17, 15) is 9.18 Å². The number of hydrogen-bond donors (Lipinski definition) is 1. The number of nitrogens with two attached hydrogens (primary N) is 1. The Balaban J connectivity index is 1.51. The number of nitrogen functional groups attached to an aromatic ring is 1. The molecule has 5 rings (SSSR count). The van der Waals surface area contributed by atoms with E-state index in [1.54, 1.807) is 23.1 Å². The maximum Gasteiger partial charge on any atom is 0.254 e. The molecule has 1 aliphatic carbocycles. The molecule has 2 N–H and O–H groups in total. The lowest BCUT2D eigenvalue weighted by molar-refractivity contribution is 0.0665. The summed E-state index contributed by atoms with van der Waals surface area (Å²) in [6, 6.07) is 13.8. The Kier molecular flexibility index (Phi) is 5.69. The molecule has 1 aromatic carbocycles. The lowest BCUT2D eigenvalue weighted by Gasteiger charge is -2.29. The molecule has 4 aromatic rings. The zero-order valence-corrected chi connectivity index (χ0v) is 19.2. The number of benzene rings is 1. The second-order valence-corrected chi connectivity index (χ2v) is 8.93. The van der Waals surface area contributed by atoms with Gasteiger partial charge in [-0.3, -0.25) is 14.8 Å². The molecule has 0 unspecified atom stereocenters. The highest BCUT2D eigenvalue weighted by atomic mass is 19.1. The normalized spacial score (nSPS) is 14.2. The van der Waals surface area contributed by atoms with Gasteiger partial charge in [-0.1, -0.05) is 6.07 Å². The number of aryl methyl sites for hydroxylation is 1. The van der Waals surface area contributed by atoms with Crippen molar-refractivity contribution in [3.63, 3.8) is 0 Å². The number of amides is 1. The summed E-state index contributed by atoms with van der Waals surface area (Å²) in [6.07, 6.45) is 5.82. The van der Waals surface area contributed by atoms with Crippen LogP contribution < -0.4 is 5.73 Å². The second-order valence-electron chi connectivity index (χ2n) is 8.93. The molecule has 3 heterocycles. The van der Waals surface area contributed by atoms with Crippen LogP contribution >= 0.6 is 0 Å². The summed E-state index contributed by atoms with van der Waals surface area (Å²) in [6.45, 7) is 3.81. The highest BCUT2D eigenvalue weighted by Gasteiger charge is 2.27. The van der Waals surface area contributed by atoms with E-state index >= 15 is 0 Å². The Morgan fingerprint density at radius 1 is 1.18 bits per heavy atom. The van der Waals surface area contributed by atoms with Gasteiger partial charge in [0, 0.05) is 23.3 Å². The summed E-state index contributed by atoms with van der Waals surface area (Å²) in [5.41, 5.74) is 10.2. The largest absolute Gasteiger partial charge is 0.383 e. The Hall–Kier alpha value is -3.87. The zero-order chi connectivity index (χ0) is 23.8. The van der Waals surface area contributed by atoms with E-state index < -0.39 is 5.82 Å².